The van der Waals surface area contributed by atoms with E-state index in [4.69, 9.17) is 4.74 Å². The summed E-state index contributed by atoms with van der Waals surface area (Å²) >= 11 is 0. The third-order valence-electron chi connectivity index (χ3n) is 5.18. The topological polar surface area (TPSA) is 113 Å². The molecule has 31 heavy (non-hydrogen) atoms. The number of rotatable bonds is 9. The highest BCUT2D eigenvalue weighted by atomic mass is 32.2. The molecule has 0 unspecified atom stereocenters. The van der Waals surface area contributed by atoms with Crippen LogP contribution >= 0.6 is 0 Å². The van der Waals surface area contributed by atoms with Crippen molar-refractivity contribution in [1.82, 2.24) is 9.62 Å². The monoisotopic (exact) mass is 475 g/mol. The van der Waals surface area contributed by atoms with Crippen molar-refractivity contribution < 1.29 is 26.4 Å². The molecule has 1 fully saturated rings. The highest BCUT2D eigenvalue weighted by Gasteiger charge is 2.28. The minimum Gasteiger partial charge on any atom is -0.379 e. The van der Waals surface area contributed by atoms with E-state index in [1.54, 1.807) is 0 Å². The summed E-state index contributed by atoms with van der Waals surface area (Å²) in [6.45, 7) is 8.80. The quantitative estimate of drug-likeness (QED) is 0.576. The molecule has 0 atom stereocenters. The molecule has 0 bridgehead atoms. The standard InChI is InChI=1S/C20H33N3O6S2/c1-15(2)20(16(3)4)21-19(24)14-23(30(5,25)26)17-6-8-18(9-7-17)31(27,28)22-10-12-29-13-11-22/h6-9,15-16,20H,10-14H2,1-5H3,(H,21,24). The molecule has 2 rings (SSSR count). The predicted molar refractivity (Wildman–Crippen MR) is 120 cm³/mol. The summed E-state index contributed by atoms with van der Waals surface area (Å²) in [5.74, 6) is -0.0246. The lowest BCUT2D eigenvalue weighted by molar-refractivity contribution is -0.121. The van der Waals surface area contributed by atoms with Gasteiger partial charge >= 0.3 is 0 Å². The molecule has 0 spiro atoms. The molecule has 1 aromatic carbocycles. The predicted octanol–water partition coefficient (Wildman–Crippen LogP) is 1.27. The molecule has 9 nitrogen and oxygen atoms in total. The molecule has 11 heteroatoms. The van der Waals surface area contributed by atoms with Crippen LogP contribution in [0, 0.1) is 11.8 Å². The first-order valence-electron chi connectivity index (χ1n) is 10.3. The molecule has 0 aromatic heterocycles. The van der Waals surface area contributed by atoms with E-state index in [0.29, 0.717) is 13.2 Å². The van der Waals surface area contributed by atoms with Gasteiger partial charge in [-0.15, -0.1) is 0 Å². The molecule has 0 aliphatic carbocycles. The lowest BCUT2D eigenvalue weighted by Gasteiger charge is -2.28. The third-order valence-corrected chi connectivity index (χ3v) is 8.24. The Kier molecular flexibility index (Phi) is 8.48. The van der Waals surface area contributed by atoms with Crippen molar-refractivity contribution in [3.8, 4) is 0 Å². The lowest BCUT2D eigenvalue weighted by Crippen LogP contribution is -2.47. The lowest BCUT2D eigenvalue weighted by atomic mass is 9.93. The van der Waals surface area contributed by atoms with E-state index in [0.717, 1.165) is 10.6 Å². The number of amides is 1. The van der Waals surface area contributed by atoms with E-state index in [-0.39, 0.29) is 48.1 Å². The van der Waals surface area contributed by atoms with E-state index >= 15 is 0 Å². The van der Waals surface area contributed by atoms with Gasteiger partial charge in [-0.3, -0.25) is 9.10 Å². The van der Waals surface area contributed by atoms with Gasteiger partial charge in [0.1, 0.15) is 6.54 Å². The zero-order valence-corrected chi connectivity index (χ0v) is 20.4. The van der Waals surface area contributed by atoms with Gasteiger partial charge in [-0.05, 0) is 36.1 Å². The third kappa shape index (κ3) is 6.64. The van der Waals surface area contributed by atoms with Gasteiger partial charge in [-0.25, -0.2) is 16.8 Å². The van der Waals surface area contributed by atoms with Gasteiger partial charge in [0, 0.05) is 19.1 Å². The van der Waals surface area contributed by atoms with E-state index in [9.17, 15) is 21.6 Å². The first kappa shape index (κ1) is 25.6. The van der Waals surface area contributed by atoms with Gasteiger partial charge in [-0.1, -0.05) is 27.7 Å². The summed E-state index contributed by atoms with van der Waals surface area (Å²) in [6, 6.07) is 5.45. The van der Waals surface area contributed by atoms with Crippen molar-refractivity contribution in [3.63, 3.8) is 0 Å². The largest absolute Gasteiger partial charge is 0.379 e. The fourth-order valence-electron chi connectivity index (χ4n) is 3.59. The van der Waals surface area contributed by atoms with Gasteiger partial charge in [0.25, 0.3) is 0 Å². The van der Waals surface area contributed by atoms with Crippen LogP contribution in [0.2, 0.25) is 0 Å². The fraction of sp³-hybridized carbons (Fsp3) is 0.650. The van der Waals surface area contributed by atoms with Crippen molar-refractivity contribution in [2.45, 2.75) is 38.6 Å². The Hall–Kier alpha value is -1.69. The summed E-state index contributed by atoms with van der Waals surface area (Å²) in [5.41, 5.74) is 0.226. The van der Waals surface area contributed by atoms with Crippen LogP contribution in [0.3, 0.4) is 0 Å². The number of carbonyl (C=O) groups excluding carboxylic acids is 1. The maximum Gasteiger partial charge on any atom is 0.243 e. The maximum atomic E-state index is 12.8. The first-order valence-corrected chi connectivity index (χ1v) is 13.6. The van der Waals surface area contributed by atoms with Crippen LogP contribution < -0.4 is 9.62 Å². The molecule has 1 heterocycles. The van der Waals surface area contributed by atoms with E-state index in [1.165, 1.54) is 28.6 Å². The van der Waals surface area contributed by atoms with Crippen molar-refractivity contribution in [2.75, 3.05) is 43.4 Å². The summed E-state index contributed by atoms with van der Waals surface area (Å²) in [5, 5.41) is 2.91. The number of hydrogen-bond donors (Lipinski definition) is 1. The molecule has 0 radical (unpaired) electrons. The van der Waals surface area contributed by atoms with Crippen molar-refractivity contribution >= 4 is 31.6 Å². The number of anilines is 1. The smallest absolute Gasteiger partial charge is 0.243 e. The molecule has 176 valence electrons. The second kappa shape index (κ2) is 10.3. The van der Waals surface area contributed by atoms with Gasteiger partial charge < -0.3 is 10.1 Å². The van der Waals surface area contributed by atoms with Crippen molar-refractivity contribution in [3.05, 3.63) is 24.3 Å². The molecule has 1 saturated heterocycles. The highest BCUT2D eigenvalue weighted by Crippen LogP contribution is 2.23. The van der Waals surface area contributed by atoms with Crippen molar-refractivity contribution in [1.29, 1.82) is 0 Å². The minimum atomic E-state index is -3.76. The van der Waals surface area contributed by atoms with Gasteiger partial charge in [-0.2, -0.15) is 4.31 Å². The highest BCUT2D eigenvalue weighted by molar-refractivity contribution is 7.92. The fourth-order valence-corrected chi connectivity index (χ4v) is 5.85. The van der Waals surface area contributed by atoms with Gasteiger partial charge in [0.15, 0.2) is 0 Å². The number of benzene rings is 1. The summed E-state index contributed by atoms with van der Waals surface area (Å²) < 4.78 is 57.8. The average Bonchev–Trinajstić information content (AvgIpc) is 2.69. The molecular formula is C20H33N3O6S2. The number of ether oxygens (including phenoxy) is 1. The number of nitrogens with zero attached hydrogens (tertiary/aromatic N) is 2. The first-order chi connectivity index (χ1) is 14.3. The van der Waals surface area contributed by atoms with Crippen LogP contribution in [0.1, 0.15) is 27.7 Å². The van der Waals surface area contributed by atoms with Crippen LogP contribution in [-0.4, -0.2) is 72.2 Å². The number of sulfonamides is 2. The maximum absolute atomic E-state index is 12.8. The van der Waals surface area contributed by atoms with Crippen LogP contribution in [0.25, 0.3) is 0 Å². The molecule has 1 amide bonds. The Morgan fingerprint density at radius 2 is 1.55 bits per heavy atom. The zero-order valence-electron chi connectivity index (χ0n) is 18.7. The number of nitrogens with one attached hydrogen (secondary N) is 1. The minimum absolute atomic E-state index is 0.0655. The van der Waals surface area contributed by atoms with Crippen LogP contribution in [0.15, 0.2) is 29.2 Å². The average molecular weight is 476 g/mol. The SMILES string of the molecule is CC(C)C(NC(=O)CN(c1ccc(S(=O)(=O)N2CCOCC2)cc1)S(C)(=O)=O)C(C)C. The van der Waals surface area contributed by atoms with Crippen LogP contribution in [-0.2, 0) is 29.6 Å². The Morgan fingerprint density at radius 3 is 2.00 bits per heavy atom. The molecular weight excluding hydrogens is 442 g/mol. The Labute approximate surface area is 185 Å². The van der Waals surface area contributed by atoms with E-state index in [2.05, 4.69) is 5.32 Å². The Balaban J connectivity index is 2.22. The summed E-state index contributed by atoms with van der Waals surface area (Å²) in [6.07, 6.45) is 1.01. The van der Waals surface area contributed by atoms with Gasteiger partial charge in [0.2, 0.25) is 26.0 Å². The van der Waals surface area contributed by atoms with Crippen molar-refractivity contribution in [2.24, 2.45) is 11.8 Å². The zero-order chi connectivity index (χ0) is 23.4. The number of carbonyl (C=O) groups is 1. The number of hydrogen-bond acceptors (Lipinski definition) is 6. The Bertz CT molecular complexity index is 945. The Morgan fingerprint density at radius 1 is 1.03 bits per heavy atom. The van der Waals surface area contributed by atoms with E-state index < -0.39 is 26.0 Å². The second-order valence-electron chi connectivity index (χ2n) is 8.36. The van der Waals surface area contributed by atoms with E-state index in [1.807, 2.05) is 27.7 Å². The van der Waals surface area contributed by atoms with Gasteiger partial charge in [0.05, 0.1) is 30.1 Å². The van der Waals surface area contributed by atoms with Crippen LogP contribution in [0.5, 0.6) is 0 Å². The normalized spacial score (nSPS) is 16.1. The van der Waals surface area contributed by atoms with Crippen LogP contribution in [0.4, 0.5) is 5.69 Å². The summed E-state index contributed by atoms with van der Waals surface area (Å²) in [7, 11) is -7.45. The molecule has 0 saturated carbocycles. The molecule has 1 aliphatic heterocycles. The molecule has 1 aromatic rings. The summed E-state index contributed by atoms with van der Waals surface area (Å²) in [4.78, 5) is 12.7. The second-order valence-corrected chi connectivity index (χ2v) is 12.2. The number of morpholine rings is 1. The molecule has 1 aliphatic rings. The molecule has 1 N–H and O–H groups in total.